The van der Waals surface area contributed by atoms with Gasteiger partial charge < -0.3 is 0 Å². The smallest absolute Gasteiger partial charge is 0.298 e. The van der Waals surface area contributed by atoms with E-state index in [2.05, 4.69) is 5.32 Å². The zero-order chi connectivity index (χ0) is 7.56. The zero-order valence-corrected chi connectivity index (χ0v) is 4.83. The summed E-state index contributed by atoms with van der Waals surface area (Å²) in [4.78, 5) is 30.8. The number of rotatable bonds is 1. The first-order valence-corrected chi connectivity index (χ1v) is 2.45. The molecular formula is C5H3N2O3. The second kappa shape index (κ2) is 2.30. The van der Waals surface area contributed by atoms with Gasteiger partial charge in [0, 0.05) is 6.20 Å². The highest BCUT2D eigenvalue weighted by molar-refractivity contribution is 6.17. The van der Waals surface area contributed by atoms with Crippen LogP contribution in [0.2, 0.25) is 0 Å². The molecule has 0 aliphatic carbocycles. The largest absolute Gasteiger partial charge is 0.347 e. The summed E-state index contributed by atoms with van der Waals surface area (Å²) in [6, 6.07) is -0.740. The second-order valence-electron chi connectivity index (χ2n) is 1.59. The van der Waals surface area contributed by atoms with Gasteiger partial charge in [0.1, 0.15) is 0 Å². The topological polar surface area (TPSA) is 77.3 Å². The molecule has 5 nitrogen and oxygen atoms in total. The number of nitrogens with zero attached hydrogens (tertiary/aromatic N) is 1. The van der Waals surface area contributed by atoms with E-state index in [1.54, 1.807) is 0 Å². The Morgan fingerprint density at radius 3 is 2.70 bits per heavy atom. The molecule has 0 saturated carbocycles. The minimum Gasteiger partial charge on any atom is -0.298 e. The van der Waals surface area contributed by atoms with Crippen LogP contribution in [0.3, 0.4) is 0 Å². The van der Waals surface area contributed by atoms with Gasteiger partial charge in [-0.1, -0.05) is 0 Å². The van der Waals surface area contributed by atoms with Gasteiger partial charge in [0.25, 0.3) is 5.91 Å². The molecule has 0 saturated heterocycles. The van der Waals surface area contributed by atoms with Crippen molar-refractivity contribution in [1.29, 1.82) is 0 Å². The molecule has 0 unspecified atom stereocenters. The molecule has 0 fully saturated rings. The number of carbonyl (C=O) groups excluding carboxylic acids is 3. The van der Waals surface area contributed by atoms with E-state index in [0.29, 0.717) is 6.29 Å². The Labute approximate surface area is 56.1 Å². The summed E-state index contributed by atoms with van der Waals surface area (Å²) in [5, 5.41) is 5.00. The lowest BCUT2D eigenvalue weighted by molar-refractivity contribution is -0.118. The van der Waals surface area contributed by atoms with E-state index in [-0.39, 0.29) is 5.57 Å². The third-order valence-electron chi connectivity index (χ3n) is 0.931. The van der Waals surface area contributed by atoms with Crippen molar-refractivity contribution in [3.05, 3.63) is 11.8 Å². The lowest BCUT2D eigenvalue weighted by Gasteiger charge is -2.05. The van der Waals surface area contributed by atoms with Gasteiger partial charge in [-0.15, -0.1) is 0 Å². The molecule has 3 amide bonds. The van der Waals surface area contributed by atoms with Crippen molar-refractivity contribution < 1.29 is 14.4 Å². The summed E-state index contributed by atoms with van der Waals surface area (Å²) in [6.45, 7) is 0. The maximum atomic E-state index is 10.5. The molecule has 1 rings (SSSR count). The third kappa shape index (κ3) is 1.02. The van der Waals surface area contributed by atoms with Crippen LogP contribution in [0.1, 0.15) is 0 Å². The number of imide groups is 1. The van der Waals surface area contributed by atoms with Crippen molar-refractivity contribution in [2.75, 3.05) is 0 Å². The van der Waals surface area contributed by atoms with Crippen LogP contribution >= 0.6 is 0 Å². The fourth-order valence-corrected chi connectivity index (χ4v) is 0.472. The van der Waals surface area contributed by atoms with Crippen LogP contribution in [0.15, 0.2) is 11.8 Å². The Kier molecular flexibility index (Phi) is 1.49. The van der Waals surface area contributed by atoms with Crippen LogP contribution in [0.4, 0.5) is 4.79 Å². The van der Waals surface area contributed by atoms with E-state index in [9.17, 15) is 14.4 Å². The summed E-state index contributed by atoms with van der Waals surface area (Å²) in [5.74, 6) is -0.699. The zero-order valence-electron chi connectivity index (χ0n) is 4.83. The van der Waals surface area contributed by atoms with Crippen LogP contribution in [-0.2, 0) is 9.59 Å². The van der Waals surface area contributed by atoms with Gasteiger partial charge in [0.05, 0.1) is 5.57 Å². The molecule has 0 spiro atoms. The lowest BCUT2D eigenvalue weighted by Crippen LogP contribution is -2.39. The van der Waals surface area contributed by atoms with Gasteiger partial charge >= 0.3 is 6.03 Å². The number of urea groups is 1. The maximum Gasteiger partial charge on any atom is 0.347 e. The number of nitrogens with one attached hydrogen (secondary N) is 1. The molecule has 0 aromatic heterocycles. The number of hydrogen-bond acceptors (Lipinski definition) is 3. The molecule has 0 aromatic carbocycles. The first-order chi connectivity index (χ1) is 4.74. The summed E-state index contributed by atoms with van der Waals surface area (Å²) >= 11 is 0. The Morgan fingerprint density at radius 1 is 1.50 bits per heavy atom. The van der Waals surface area contributed by atoms with E-state index in [1.807, 2.05) is 5.32 Å². The van der Waals surface area contributed by atoms with Crippen molar-refractivity contribution >= 4 is 18.2 Å². The van der Waals surface area contributed by atoms with E-state index >= 15 is 0 Å². The molecule has 0 atom stereocenters. The van der Waals surface area contributed by atoms with Crippen molar-refractivity contribution in [2.24, 2.45) is 0 Å². The van der Waals surface area contributed by atoms with Gasteiger partial charge in [0.2, 0.25) is 0 Å². The standard InChI is InChI=1S/C5H3N2O3/c8-2-3-1-6-5(10)7-4(3)9/h1-2H,(H,7,9,10). The monoisotopic (exact) mass is 139 g/mol. The van der Waals surface area contributed by atoms with Gasteiger partial charge in [-0.2, -0.15) is 0 Å². The highest BCUT2D eigenvalue weighted by Gasteiger charge is 2.17. The fraction of sp³-hybridized carbons (Fsp3) is 0. The van der Waals surface area contributed by atoms with Crippen LogP contribution < -0.4 is 10.6 Å². The van der Waals surface area contributed by atoms with E-state index < -0.39 is 11.9 Å². The molecule has 1 aliphatic rings. The lowest BCUT2D eigenvalue weighted by atomic mass is 10.3. The quantitative estimate of drug-likeness (QED) is 0.371. The van der Waals surface area contributed by atoms with Crippen molar-refractivity contribution in [3.63, 3.8) is 0 Å². The Morgan fingerprint density at radius 2 is 2.20 bits per heavy atom. The predicted octanol–water partition coefficient (Wildman–Crippen LogP) is -1.08. The predicted molar refractivity (Wildman–Crippen MR) is 29.8 cm³/mol. The van der Waals surface area contributed by atoms with Crippen LogP contribution in [-0.4, -0.2) is 18.2 Å². The van der Waals surface area contributed by atoms with Crippen molar-refractivity contribution in [2.45, 2.75) is 0 Å². The summed E-state index contributed by atoms with van der Waals surface area (Å²) in [5.41, 5.74) is -0.139. The molecule has 0 aromatic rings. The van der Waals surface area contributed by atoms with Gasteiger partial charge in [0.15, 0.2) is 6.29 Å². The number of amides is 3. The second-order valence-corrected chi connectivity index (χ2v) is 1.59. The minimum atomic E-state index is -0.740. The molecule has 5 heteroatoms. The number of aldehydes is 1. The van der Waals surface area contributed by atoms with Crippen LogP contribution in [0, 0.1) is 0 Å². The molecule has 10 heavy (non-hydrogen) atoms. The summed E-state index contributed by atoms with van der Waals surface area (Å²) in [6.07, 6.45) is 1.28. The Balaban J connectivity index is 2.85. The highest BCUT2D eigenvalue weighted by Crippen LogP contribution is 1.93. The van der Waals surface area contributed by atoms with Gasteiger partial charge in [-0.05, 0) is 0 Å². The molecule has 1 radical (unpaired) electrons. The first kappa shape index (κ1) is 6.47. The van der Waals surface area contributed by atoms with Crippen LogP contribution in [0.25, 0.3) is 0 Å². The van der Waals surface area contributed by atoms with E-state index in [1.165, 1.54) is 0 Å². The number of carbonyl (C=O) groups is 3. The Bertz CT molecular complexity index is 231. The molecule has 51 valence electrons. The molecule has 1 heterocycles. The molecule has 1 aliphatic heterocycles. The van der Waals surface area contributed by atoms with Crippen molar-refractivity contribution in [3.8, 4) is 0 Å². The van der Waals surface area contributed by atoms with E-state index in [0.717, 1.165) is 6.20 Å². The normalized spacial score (nSPS) is 17.0. The summed E-state index contributed by atoms with van der Waals surface area (Å²) in [7, 11) is 0. The minimum absolute atomic E-state index is 0.139. The fourth-order valence-electron chi connectivity index (χ4n) is 0.472. The van der Waals surface area contributed by atoms with Crippen LogP contribution in [0.5, 0.6) is 0 Å². The summed E-state index contributed by atoms with van der Waals surface area (Å²) < 4.78 is 0. The van der Waals surface area contributed by atoms with Gasteiger partial charge in [-0.3, -0.25) is 14.9 Å². The SMILES string of the molecule is O=CC1=C[N]C(=O)NC1=O. The number of hydrogen-bond donors (Lipinski definition) is 1. The van der Waals surface area contributed by atoms with E-state index in [4.69, 9.17) is 0 Å². The maximum absolute atomic E-state index is 10.5. The first-order valence-electron chi connectivity index (χ1n) is 2.45. The van der Waals surface area contributed by atoms with Crippen molar-refractivity contribution in [1.82, 2.24) is 10.6 Å². The molecular weight excluding hydrogens is 136 g/mol. The average Bonchev–Trinajstić information content (AvgIpc) is 1.88. The Hall–Kier alpha value is -1.65. The highest BCUT2D eigenvalue weighted by atomic mass is 16.2. The van der Waals surface area contributed by atoms with Gasteiger partial charge in [-0.25, -0.2) is 10.1 Å². The third-order valence-corrected chi connectivity index (χ3v) is 0.931. The molecule has 0 bridgehead atoms. The average molecular weight is 139 g/mol. The molecule has 1 N–H and O–H groups in total.